The Hall–Kier alpha value is -3.95. The lowest BCUT2D eigenvalue weighted by Gasteiger charge is -2.16. The average Bonchev–Trinajstić information content (AvgIpc) is 2.73. The Morgan fingerprint density at radius 2 is 1.65 bits per heavy atom. The molecule has 0 saturated carbocycles. The van der Waals surface area contributed by atoms with E-state index in [2.05, 4.69) is 36.9 Å². The summed E-state index contributed by atoms with van der Waals surface area (Å²) in [6.07, 6.45) is -9.43. The highest BCUT2D eigenvalue weighted by Gasteiger charge is 2.44. The van der Waals surface area contributed by atoms with E-state index in [1.54, 1.807) is 6.92 Å². The first kappa shape index (κ1) is 26.3. The standard InChI is InChI=1S/C18H15F6N5O5/c1-3-7-25-28-15-26-12(4-2)29(16(32)27-15)9-5-6-10(33-13(30)17(19,20)21)11(8-9)34-14(31)18(22,23)24/h3,5-6,8,25H,1,4,7H2,2H3,(H,27,28,32). The van der Waals surface area contributed by atoms with Crippen molar-refractivity contribution in [2.75, 3.05) is 12.0 Å². The zero-order valence-electron chi connectivity index (χ0n) is 17.1. The van der Waals surface area contributed by atoms with Gasteiger partial charge in [-0.15, -0.1) is 6.58 Å². The third-order valence-electron chi connectivity index (χ3n) is 3.70. The van der Waals surface area contributed by atoms with Gasteiger partial charge in [-0.25, -0.2) is 24.4 Å². The normalized spacial score (nSPS) is 11.6. The fraction of sp³-hybridized carbons (Fsp3) is 0.278. The lowest BCUT2D eigenvalue weighted by Crippen LogP contribution is -2.31. The number of alkyl halides is 6. The van der Waals surface area contributed by atoms with Crippen LogP contribution >= 0.6 is 0 Å². The number of aromatic nitrogens is 3. The molecule has 34 heavy (non-hydrogen) atoms. The quantitative estimate of drug-likeness (QED) is 0.142. The molecule has 0 saturated heterocycles. The van der Waals surface area contributed by atoms with Crippen LogP contribution in [0.3, 0.4) is 0 Å². The van der Waals surface area contributed by atoms with Crippen LogP contribution in [-0.4, -0.2) is 45.4 Å². The van der Waals surface area contributed by atoms with Gasteiger partial charge in [0.25, 0.3) is 0 Å². The number of carbonyl (C=O) groups excluding carboxylic acids is 2. The van der Waals surface area contributed by atoms with E-state index in [1.165, 1.54) is 6.08 Å². The fourth-order valence-electron chi connectivity index (χ4n) is 2.32. The summed E-state index contributed by atoms with van der Waals surface area (Å²) >= 11 is 0. The van der Waals surface area contributed by atoms with Crippen LogP contribution < -0.4 is 26.0 Å². The minimum atomic E-state index is -5.53. The molecule has 0 aliphatic carbocycles. The van der Waals surface area contributed by atoms with Crippen LogP contribution in [0.5, 0.6) is 11.5 Å². The molecule has 2 N–H and O–H groups in total. The van der Waals surface area contributed by atoms with Crippen molar-refractivity contribution >= 4 is 17.9 Å². The Balaban J connectivity index is 2.57. The van der Waals surface area contributed by atoms with E-state index in [0.29, 0.717) is 12.1 Å². The molecule has 16 heteroatoms. The van der Waals surface area contributed by atoms with Gasteiger partial charge in [0, 0.05) is 19.0 Å². The van der Waals surface area contributed by atoms with E-state index in [1.807, 2.05) is 0 Å². The number of esters is 2. The summed E-state index contributed by atoms with van der Waals surface area (Å²) in [6.45, 7) is 5.32. The molecule has 0 fully saturated rings. The maximum Gasteiger partial charge on any atom is 0.491 e. The summed E-state index contributed by atoms with van der Waals surface area (Å²) in [5, 5.41) is 0. The predicted octanol–water partition coefficient (Wildman–Crippen LogP) is 2.23. The number of hydrazine groups is 1. The van der Waals surface area contributed by atoms with Crippen molar-refractivity contribution in [1.29, 1.82) is 0 Å². The molecule has 0 radical (unpaired) electrons. The highest BCUT2D eigenvalue weighted by molar-refractivity contribution is 5.81. The van der Waals surface area contributed by atoms with Gasteiger partial charge in [0.05, 0.1) is 5.69 Å². The molecule has 0 unspecified atom stereocenters. The zero-order chi connectivity index (χ0) is 25.7. The molecule has 184 valence electrons. The monoisotopic (exact) mass is 495 g/mol. The van der Waals surface area contributed by atoms with Crippen molar-refractivity contribution in [2.24, 2.45) is 0 Å². The number of halogens is 6. The molecule has 0 aliphatic rings. The number of benzene rings is 1. The number of aryl methyl sites for hydroxylation is 1. The molecule has 0 spiro atoms. The molecule has 1 aromatic heterocycles. The highest BCUT2D eigenvalue weighted by Crippen LogP contribution is 2.33. The number of hydrogen-bond acceptors (Lipinski definition) is 9. The molecule has 0 atom stereocenters. The van der Waals surface area contributed by atoms with Gasteiger partial charge in [-0.1, -0.05) is 13.0 Å². The number of ether oxygens (including phenoxy) is 2. The van der Waals surface area contributed by atoms with Crippen LogP contribution in [-0.2, 0) is 16.0 Å². The van der Waals surface area contributed by atoms with Crippen LogP contribution in [0.15, 0.2) is 35.6 Å². The molecule has 0 aliphatic heterocycles. The Kier molecular flexibility index (Phi) is 7.99. The number of carbonyl (C=O) groups is 2. The summed E-state index contributed by atoms with van der Waals surface area (Å²) in [5.74, 6) is -8.07. The Morgan fingerprint density at radius 3 is 2.18 bits per heavy atom. The third-order valence-corrected chi connectivity index (χ3v) is 3.70. The Bertz CT molecular complexity index is 1150. The number of rotatable bonds is 8. The van der Waals surface area contributed by atoms with Crippen molar-refractivity contribution < 1.29 is 45.4 Å². The summed E-state index contributed by atoms with van der Waals surface area (Å²) < 4.78 is 84.4. The second kappa shape index (κ2) is 10.3. The lowest BCUT2D eigenvalue weighted by atomic mass is 10.2. The van der Waals surface area contributed by atoms with Crippen molar-refractivity contribution in [3.8, 4) is 17.2 Å². The smallest absolute Gasteiger partial charge is 0.416 e. The van der Waals surface area contributed by atoms with Gasteiger partial charge in [0.15, 0.2) is 11.5 Å². The average molecular weight is 495 g/mol. The molecule has 0 bridgehead atoms. The molecule has 2 rings (SSSR count). The second-order valence-corrected chi connectivity index (χ2v) is 6.14. The SMILES string of the molecule is C=CCNNc1nc(CC)n(-c2ccc(OC(=O)C(F)(F)F)c(OC(=O)C(F)(F)F)c2)c(=O)n1. The summed E-state index contributed by atoms with van der Waals surface area (Å²) in [5.41, 5.74) is 3.88. The molecule has 1 heterocycles. The van der Waals surface area contributed by atoms with Gasteiger partial charge in [-0.3, -0.25) is 5.43 Å². The Labute approximate surface area is 186 Å². The minimum absolute atomic E-state index is 0.0241. The third kappa shape index (κ3) is 6.53. The van der Waals surface area contributed by atoms with Gasteiger partial charge in [-0.05, 0) is 12.1 Å². The zero-order valence-corrected chi connectivity index (χ0v) is 17.1. The number of nitrogens with zero attached hydrogens (tertiary/aromatic N) is 3. The minimum Gasteiger partial charge on any atom is -0.416 e. The van der Waals surface area contributed by atoms with Gasteiger partial charge < -0.3 is 9.47 Å². The highest BCUT2D eigenvalue weighted by atomic mass is 19.4. The summed E-state index contributed by atoms with van der Waals surface area (Å²) in [7, 11) is 0. The molecule has 0 amide bonds. The maximum atomic E-state index is 12.6. The van der Waals surface area contributed by atoms with E-state index in [9.17, 15) is 40.7 Å². The van der Waals surface area contributed by atoms with Gasteiger partial charge in [0.1, 0.15) is 5.82 Å². The number of nitrogens with one attached hydrogen (secondary N) is 2. The van der Waals surface area contributed by atoms with Crippen LogP contribution in [0.25, 0.3) is 5.69 Å². The molecule has 1 aromatic carbocycles. The van der Waals surface area contributed by atoms with Crippen LogP contribution in [0, 0.1) is 0 Å². The number of anilines is 1. The van der Waals surface area contributed by atoms with Crippen molar-refractivity contribution in [3.63, 3.8) is 0 Å². The van der Waals surface area contributed by atoms with Gasteiger partial charge in [-0.2, -0.15) is 36.3 Å². The van der Waals surface area contributed by atoms with E-state index in [-0.39, 0.29) is 30.4 Å². The van der Waals surface area contributed by atoms with Crippen molar-refractivity contribution in [1.82, 2.24) is 20.0 Å². The van der Waals surface area contributed by atoms with E-state index in [0.717, 1.165) is 10.6 Å². The molecular formula is C18H15F6N5O5. The summed E-state index contributed by atoms with van der Waals surface area (Å²) in [6, 6.07) is 2.13. The molecule has 10 nitrogen and oxygen atoms in total. The number of hydrogen-bond donors (Lipinski definition) is 2. The lowest BCUT2D eigenvalue weighted by molar-refractivity contribution is -0.191. The van der Waals surface area contributed by atoms with E-state index in [4.69, 9.17) is 0 Å². The van der Waals surface area contributed by atoms with Gasteiger partial charge >= 0.3 is 30.0 Å². The first-order valence-electron chi connectivity index (χ1n) is 9.10. The van der Waals surface area contributed by atoms with Crippen LogP contribution in [0.1, 0.15) is 12.7 Å². The van der Waals surface area contributed by atoms with E-state index >= 15 is 0 Å². The van der Waals surface area contributed by atoms with E-state index < -0.39 is 41.5 Å². The summed E-state index contributed by atoms with van der Waals surface area (Å²) in [4.78, 5) is 42.6. The van der Waals surface area contributed by atoms with Crippen molar-refractivity contribution in [3.05, 3.63) is 47.2 Å². The maximum absolute atomic E-state index is 12.6. The topological polar surface area (TPSA) is 124 Å². The fourth-order valence-corrected chi connectivity index (χ4v) is 2.32. The first-order valence-corrected chi connectivity index (χ1v) is 9.10. The molecular weight excluding hydrogens is 480 g/mol. The first-order chi connectivity index (χ1) is 15.8. The van der Waals surface area contributed by atoms with Gasteiger partial charge in [0.2, 0.25) is 5.95 Å². The largest absolute Gasteiger partial charge is 0.491 e. The Morgan fingerprint density at radius 1 is 1.06 bits per heavy atom. The van der Waals surface area contributed by atoms with Crippen molar-refractivity contribution in [2.45, 2.75) is 25.7 Å². The molecule has 2 aromatic rings. The van der Waals surface area contributed by atoms with Crippen LogP contribution in [0.2, 0.25) is 0 Å². The second-order valence-electron chi connectivity index (χ2n) is 6.14. The van der Waals surface area contributed by atoms with Crippen LogP contribution in [0.4, 0.5) is 32.3 Å². The predicted molar refractivity (Wildman–Crippen MR) is 102 cm³/mol.